The van der Waals surface area contributed by atoms with Gasteiger partial charge in [-0.15, -0.1) is 0 Å². The Bertz CT molecular complexity index is 704. The van der Waals surface area contributed by atoms with E-state index in [-0.39, 0.29) is 5.56 Å². The van der Waals surface area contributed by atoms with Gasteiger partial charge in [0.25, 0.3) is 0 Å². The Morgan fingerprint density at radius 1 is 1.13 bits per heavy atom. The molecular formula is C18H21F2N3. The van der Waals surface area contributed by atoms with Crippen LogP contribution in [0.1, 0.15) is 22.4 Å². The van der Waals surface area contributed by atoms with Gasteiger partial charge in [0.05, 0.1) is 5.69 Å². The van der Waals surface area contributed by atoms with Gasteiger partial charge in [-0.1, -0.05) is 0 Å². The number of nitrogens with zero attached hydrogens (tertiary/aromatic N) is 2. The van der Waals surface area contributed by atoms with Crippen molar-refractivity contribution >= 4 is 18.0 Å². The van der Waals surface area contributed by atoms with E-state index in [1.54, 1.807) is 18.2 Å². The minimum absolute atomic E-state index is 0.209. The van der Waals surface area contributed by atoms with Gasteiger partial charge in [0.2, 0.25) is 0 Å². The standard InChI is InChI=1S/C18H21F2N3/c1-12-8-15(22-17(21)9-12)5-4-14-10-13(6-7-23(2)3)11-16(19)18(14)20/h4-5,8-11H,6-7H2,1-3H3,(H2,21,22)/b5-4+. The molecule has 3 nitrogen and oxygen atoms in total. The van der Waals surface area contributed by atoms with Crippen LogP contribution in [0.4, 0.5) is 14.6 Å². The number of rotatable bonds is 5. The molecule has 1 heterocycles. The number of likely N-dealkylation sites (N-methyl/N-ethyl adjacent to an activating group) is 1. The molecule has 122 valence electrons. The van der Waals surface area contributed by atoms with Crippen molar-refractivity contribution in [3.05, 3.63) is 58.3 Å². The fourth-order valence-corrected chi connectivity index (χ4v) is 2.27. The molecule has 5 heteroatoms. The first-order valence-electron chi connectivity index (χ1n) is 7.40. The van der Waals surface area contributed by atoms with Gasteiger partial charge < -0.3 is 10.6 Å². The molecule has 0 fully saturated rings. The van der Waals surface area contributed by atoms with Crippen molar-refractivity contribution in [1.82, 2.24) is 9.88 Å². The van der Waals surface area contributed by atoms with Crippen molar-refractivity contribution in [3.8, 4) is 0 Å². The number of pyridine rings is 1. The van der Waals surface area contributed by atoms with Gasteiger partial charge >= 0.3 is 0 Å². The van der Waals surface area contributed by atoms with E-state index < -0.39 is 11.6 Å². The van der Waals surface area contributed by atoms with Crippen molar-refractivity contribution in [3.63, 3.8) is 0 Å². The second-order valence-electron chi connectivity index (χ2n) is 5.86. The van der Waals surface area contributed by atoms with Crippen LogP contribution in [0.15, 0.2) is 24.3 Å². The number of nitrogens with two attached hydrogens (primary N) is 1. The Kier molecular flexibility index (Phi) is 5.45. The zero-order chi connectivity index (χ0) is 17.0. The molecule has 0 radical (unpaired) electrons. The number of hydrogen-bond donors (Lipinski definition) is 1. The molecule has 2 rings (SSSR count). The molecule has 0 unspecified atom stereocenters. The van der Waals surface area contributed by atoms with Crippen LogP contribution in [0.25, 0.3) is 12.2 Å². The molecule has 0 atom stereocenters. The summed E-state index contributed by atoms with van der Waals surface area (Å²) in [6, 6.07) is 6.49. The predicted molar refractivity (Wildman–Crippen MR) is 90.9 cm³/mol. The fraction of sp³-hybridized carbons (Fsp3) is 0.278. The number of anilines is 1. The van der Waals surface area contributed by atoms with Crippen molar-refractivity contribution in [2.45, 2.75) is 13.3 Å². The van der Waals surface area contributed by atoms with Gasteiger partial charge in [-0.05, 0) is 75.0 Å². The number of aromatic nitrogens is 1. The van der Waals surface area contributed by atoms with Gasteiger partial charge in [-0.25, -0.2) is 13.8 Å². The Morgan fingerprint density at radius 2 is 1.87 bits per heavy atom. The third-order valence-corrected chi connectivity index (χ3v) is 3.41. The van der Waals surface area contributed by atoms with E-state index in [4.69, 9.17) is 5.73 Å². The Labute approximate surface area is 135 Å². The lowest BCUT2D eigenvalue weighted by Crippen LogP contribution is -2.15. The Morgan fingerprint density at radius 3 is 2.52 bits per heavy atom. The number of halogens is 2. The molecule has 1 aromatic heterocycles. The quantitative estimate of drug-likeness (QED) is 0.917. The fourth-order valence-electron chi connectivity index (χ4n) is 2.27. The van der Waals surface area contributed by atoms with Crippen LogP contribution < -0.4 is 5.73 Å². The summed E-state index contributed by atoms with van der Waals surface area (Å²) in [4.78, 5) is 6.15. The lowest BCUT2D eigenvalue weighted by atomic mass is 10.1. The highest BCUT2D eigenvalue weighted by Crippen LogP contribution is 2.19. The Balaban J connectivity index is 2.28. The van der Waals surface area contributed by atoms with Crippen molar-refractivity contribution in [2.24, 2.45) is 0 Å². The number of aryl methyl sites for hydroxylation is 1. The molecule has 2 N–H and O–H groups in total. The molecular weight excluding hydrogens is 296 g/mol. The van der Waals surface area contributed by atoms with Gasteiger partial charge in [0.1, 0.15) is 5.82 Å². The summed E-state index contributed by atoms with van der Waals surface area (Å²) in [7, 11) is 3.88. The average molecular weight is 317 g/mol. The molecule has 2 aromatic rings. The van der Waals surface area contributed by atoms with E-state index in [1.807, 2.05) is 32.0 Å². The molecule has 0 spiro atoms. The van der Waals surface area contributed by atoms with E-state index in [0.29, 0.717) is 17.9 Å². The van der Waals surface area contributed by atoms with Crippen molar-refractivity contribution < 1.29 is 8.78 Å². The third kappa shape index (κ3) is 4.86. The monoisotopic (exact) mass is 317 g/mol. The smallest absolute Gasteiger partial charge is 0.166 e. The van der Waals surface area contributed by atoms with Crippen LogP contribution in [0.2, 0.25) is 0 Å². The predicted octanol–water partition coefficient (Wildman–Crippen LogP) is 3.52. The molecule has 0 aliphatic carbocycles. The van der Waals surface area contributed by atoms with Gasteiger partial charge in [0, 0.05) is 12.1 Å². The summed E-state index contributed by atoms with van der Waals surface area (Å²) in [6.45, 7) is 2.67. The van der Waals surface area contributed by atoms with Gasteiger partial charge in [-0.2, -0.15) is 0 Å². The minimum atomic E-state index is -0.851. The van der Waals surface area contributed by atoms with Crippen LogP contribution in [0.3, 0.4) is 0 Å². The number of benzene rings is 1. The molecule has 23 heavy (non-hydrogen) atoms. The summed E-state index contributed by atoms with van der Waals surface area (Å²) in [5.41, 5.74) is 8.23. The summed E-state index contributed by atoms with van der Waals surface area (Å²) < 4.78 is 27.7. The van der Waals surface area contributed by atoms with E-state index >= 15 is 0 Å². The van der Waals surface area contributed by atoms with Crippen molar-refractivity contribution in [1.29, 1.82) is 0 Å². The lowest BCUT2D eigenvalue weighted by Gasteiger charge is -2.10. The maximum absolute atomic E-state index is 14.0. The second-order valence-corrected chi connectivity index (χ2v) is 5.86. The SMILES string of the molecule is Cc1cc(N)nc(/C=C/c2cc(CCN(C)C)cc(F)c2F)c1. The molecule has 1 aromatic carbocycles. The van der Waals surface area contributed by atoms with Gasteiger partial charge in [-0.3, -0.25) is 0 Å². The summed E-state index contributed by atoms with van der Waals surface area (Å²) in [5, 5.41) is 0. The molecule has 0 amide bonds. The zero-order valence-electron chi connectivity index (χ0n) is 13.6. The number of nitrogen functional groups attached to an aromatic ring is 1. The molecule has 0 bridgehead atoms. The Hall–Kier alpha value is -2.27. The van der Waals surface area contributed by atoms with Crippen LogP contribution in [-0.2, 0) is 6.42 Å². The van der Waals surface area contributed by atoms with E-state index in [2.05, 4.69) is 4.98 Å². The largest absolute Gasteiger partial charge is 0.384 e. The summed E-state index contributed by atoms with van der Waals surface area (Å²) >= 11 is 0. The third-order valence-electron chi connectivity index (χ3n) is 3.41. The highest BCUT2D eigenvalue weighted by atomic mass is 19.2. The lowest BCUT2D eigenvalue weighted by molar-refractivity contribution is 0.412. The van der Waals surface area contributed by atoms with Gasteiger partial charge in [0.15, 0.2) is 11.6 Å². The summed E-state index contributed by atoms with van der Waals surface area (Å²) in [6.07, 6.45) is 3.82. The second kappa shape index (κ2) is 7.33. The normalized spacial score (nSPS) is 11.6. The molecule has 0 saturated carbocycles. The highest BCUT2D eigenvalue weighted by molar-refractivity contribution is 5.69. The summed E-state index contributed by atoms with van der Waals surface area (Å²) in [5.74, 6) is -1.29. The van der Waals surface area contributed by atoms with E-state index in [1.165, 1.54) is 12.1 Å². The van der Waals surface area contributed by atoms with Crippen LogP contribution in [-0.4, -0.2) is 30.5 Å². The first-order chi connectivity index (χ1) is 10.8. The van der Waals surface area contributed by atoms with E-state index in [9.17, 15) is 8.78 Å². The topological polar surface area (TPSA) is 42.1 Å². The maximum Gasteiger partial charge on any atom is 0.166 e. The minimum Gasteiger partial charge on any atom is -0.384 e. The highest BCUT2D eigenvalue weighted by Gasteiger charge is 2.09. The molecule has 0 aliphatic rings. The molecule has 0 saturated heterocycles. The molecule has 0 aliphatic heterocycles. The van der Waals surface area contributed by atoms with Crippen LogP contribution in [0, 0.1) is 18.6 Å². The maximum atomic E-state index is 14.0. The number of hydrogen-bond acceptors (Lipinski definition) is 3. The average Bonchev–Trinajstić information content (AvgIpc) is 2.46. The first-order valence-corrected chi connectivity index (χ1v) is 7.40. The zero-order valence-corrected chi connectivity index (χ0v) is 13.6. The van der Waals surface area contributed by atoms with E-state index in [0.717, 1.165) is 17.7 Å². The van der Waals surface area contributed by atoms with Crippen LogP contribution >= 0.6 is 0 Å². The first kappa shape index (κ1) is 17.1. The van der Waals surface area contributed by atoms with Crippen molar-refractivity contribution in [2.75, 3.05) is 26.4 Å². The van der Waals surface area contributed by atoms with Crippen LogP contribution in [0.5, 0.6) is 0 Å².